The summed E-state index contributed by atoms with van der Waals surface area (Å²) >= 11 is 0. The molecule has 208 valence electrons. The van der Waals surface area contributed by atoms with Crippen LogP contribution in [0, 0.1) is 0 Å². The van der Waals surface area contributed by atoms with Crippen molar-refractivity contribution in [3.05, 3.63) is 0 Å². The zero-order chi connectivity index (χ0) is 26.6. The third-order valence-corrected chi connectivity index (χ3v) is 7.23. The van der Waals surface area contributed by atoms with E-state index in [0.29, 0.717) is 12.8 Å². The maximum Gasteiger partial charge on any atom is 0.410 e. The fourth-order valence-electron chi connectivity index (χ4n) is 5.02. The number of aliphatic carboxylic acids is 1. The Kier molecular flexibility index (Phi) is 13.0. The first-order chi connectivity index (χ1) is 17.0. The van der Waals surface area contributed by atoms with E-state index in [1.54, 1.807) is 11.9 Å². The highest BCUT2D eigenvalue weighted by atomic mass is 16.6. The molecule has 3 fully saturated rings. The number of carbonyl (C=O) groups excluding carboxylic acids is 2. The molecular weight excluding hydrogens is 460 g/mol. The summed E-state index contributed by atoms with van der Waals surface area (Å²) in [5.74, 6) is -0.431. The molecule has 0 unspecified atom stereocenters. The average molecular weight is 511 g/mol. The Morgan fingerprint density at radius 2 is 1.28 bits per heavy atom. The lowest BCUT2D eigenvalue weighted by Gasteiger charge is -2.37. The molecule has 0 spiro atoms. The highest BCUT2D eigenvalue weighted by Gasteiger charge is 2.30. The van der Waals surface area contributed by atoms with Crippen molar-refractivity contribution in [1.29, 1.82) is 0 Å². The van der Waals surface area contributed by atoms with E-state index in [0.717, 1.165) is 65.2 Å². The number of hydrogen-bond acceptors (Lipinski definition) is 6. The quantitative estimate of drug-likeness (QED) is 0.559. The van der Waals surface area contributed by atoms with Gasteiger partial charge in [-0.15, -0.1) is 0 Å². The van der Waals surface area contributed by atoms with E-state index in [-0.39, 0.29) is 18.0 Å². The average Bonchev–Trinajstić information content (AvgIpc) is 2.86. The molecule has 9 nitrogen and oxygen atoms in total. The highest BCUT2D eigenvalue weighted by molar-refractivity contribution is 5.76. The van der Waals surface area contributed by atoms with E-state index in [2.05, 4.69) is 9.80 Å². The fraction of sp³-hybridized carbons (Fsp3) is 0.889. The molecule has 3 aliphatic rings. The first-order valence-corrected chi connectivity index (χ1v) is 14.0. The number of rotatable bonds is 7. The summed E-state index contributed by atoms with van der Waals surface area (Å²) in [6.07, 6.45) is 9.91. The van der Waals surface area contributed by atoms with Gasteiger partial charge in [-0.2, -0.15) is 0 Å². The summed E-state index contributed by atoms with van der Waals surface area (Å²) in [6.45, 7) is 13.2. The topological polar surface area (TPSA) is 93.6 Å². The number of piperidine rings is 3. The molecule has 0 aromatic heterocycles. The highest BCUT2D eigenvalue weighted by Crippen LogP contribution is 2.19. The Balaban J connectivity index is 0.000000346. The molecule has 0 aliphatic carbocycles. The van der Waals surface area contributed by atoms with Gasteiger partial charge >= 0.3 is 12.1 Å². The molecule has 3 heterocycles. The van der Waals surface area contributed by atoms with Crippen LogP contribution in [0.3, 0.4) is 0 Å². The van der Waals surface area contributed by atoms with Crippen LogP contribution in [-0.2, 0) is 14.3 Å². The smallest absolute Gasteiger partial charge is 0.410 e. The van der Waals surface area contributed by atoms with Gasteiger partial charge in [0.25, 0.3) is 0 Å². The fourth-order valence-corrected chi connectivity index (χ4v) is 5.02. The molecule has 1 N–H and O–H groups in total. The predicted octanol–water partition coefficient (Wildman–Crippen LogP) is 3.67. The first kappa shape index (κ1) is 30.4. The van der Waals surface area contributed by atoms with Crippen molar-refractivity contribution in [3.63, 3.8) is 0 Å². The molecule has 0 atom stereocenters. The van der Waals surface area contributed by atoms with Gasteiger partial charge in [0, 0.05) is 45.7 Å². The molecule has 3 rings (SSSR count). The van der Waals surface area contributed by atoms with E-state index in [1.807, 2.05) is 25.7 Å². The van der Waals surface area contributed by atoms with E-state index >= 15 is 0 Å². The van der Waals surface area contributed by atoms with Crippen LogP contribution in [0.5, 0.6) is 0 Å². The van der Waals surface area contributed by atoms with Crippen molar-refractivity contribution in [2.45, 2.75) is 96.6 Å². The van der Waals surface area contributed by atoms with E-state index in [9.17, 15) is 14.4 Å². The molecule has 0 aromatic carbocycles. The van der Waals surface area contributed by atoms with E-state index in [4.69, 9.17) is 9.84 Å². The van der Waals surface area contributed by atoms with Crippen LogP contribution in [0.15, 0.2) is 0 Å². The largest absolute Gasteiger partial charge is 0.481 e. The van der Waals surface area contributed by atoms with E-state index in [1.165, 1.54) is 38.5 Å². The van der Waals surface area contributed by atoms with Gasteiger partial charge in [0.05, 0.1) is 6.42 Å². The molecular formula is C27H50N4O5. The second kappa shape index (κ2) is 15.4. The molecule has 0 bridgehead atoms. The third-order valence-electron chi connectivity index (χ3n) is 7.23. The lowest BCUT2D eigenvalue weighted by atomic mass is 10.0. The summed E-state index contributed by atoms with van der Waals surface area (Å²) in [7, 11) is 1.80. The molecule has 9 heteroatoms. The zero-order valence-electron chi connectivity index (χ0n) is 23.2. The molecule has 3 aliphatic heterocycles. The zero-order valence-corrected chi connectivity index (χ0v) is 23.2. The third kappa shape index (κ3) is 11.9. The summed E-state index contributed by atoms with van der Waals surface area (Å²) < 4.78 is 5.43. The second-order valence-corrected chi connectivity index (χ2v) is 11.4. The molecule has 0 aromatic rings. The summed E-state index contributed by atoms with van der Waals surface area (Å²) in [6, 6.07) is 0.154. The summed E-state index contributed by atoms with van der Waals surface area (Å²) in [5.41, 5.74) is -0.476. The van der Waals surface area contributed by atoms with Crippen molar-refractivity contribution in [3.8, 4) is 0 Å². The van der Waals surface area contributed by atoms with Gasteiger partial charge in [-0.3, -0.25) is 9.59 Å². The number of ether oxygens (including phenoxy) is 1. The van der Waals surface area contributed by atoms with Gasteiger partial charge in [-0.1, -0.05) is 12.8 Å². The molecule has 2 amide bonds. The molecule has 36 heavy (non-hydrogen) atoms. The Morgan fingerprint density at radius 1 is 0.806 bits per heavy atom. The Morgan fingerprint density at radius 3 is 1.72 bits per heavy atom. The van der Waals surface area contributed by atoms with Crippen molar-refractivity contribution in [2.75, 3.05) is 59.4 Å². The summed E-state index contributed by atoms with van der Waals surface area (Å²) in [5, 5.41) is 8.42. The van der Waals surface area contributed by atoms with Crippen LogP contribution < -0.4 is 0 Å². The lowest BCUT2D eigenvalue weighted by Crippen LogP contribution is -2.48. The Hall–Kier alpha value is -1.87. The van der Waals surface area contributed by atoms with Crippen LogP contribution in [0.2, 0.25) is 0 Å². The van der Waals surface area contributed by atoms with E-state index < -0.39 is 11.6 Å². The van der Waals surface area contributed by atoms with Gasteiger partial charge in [0.2, 0.25) is 5.91 Å². The standard InChI is InChI=1S/C19H35N3O3.C8H15NO2/c1-19(2,3)25-18(24)20(4)16-8-14-22(15-9-16)17(23)10-13-21-11-6-5-7-12-21;10-8(11)4-7-9-5-2-1-3-6-9/h16H,5-15H2,1-4H3;1-7H2,(H,10,11). The number of carboxylic acid groups (broad SMARTS) is 1. The van der Waals surface area contributed by atoms with Gasteiger partial charge in [-0.25, -0.2) is 4.79 Å². The molecule has 0 saturated carbocycles. The predicted molar refractivity (Wildman–Crippen MR) is 141 cm³/mol. The minimum Gasteiger partial charge on any atom is -0.481 e. The normalized spacial score (nSPS) is 20.3. The van der Waals surface area contributed by atoms with Crippen molar-refractivity contribution in [2.24, 2.45) is 0 Å². The number of carbonyl (C=O) groups is 3. The molecule has 3 saturated heterocycles. The van der Waals surface area contributed by atoms with Gasteiger partial charge < -0.3 is 29.4 Å². The maximum absolute atomic E-state index is 12.4. The second-order valence-electron chi connectivity index (χ2n) is 11.4. The monoisotopic (exact) mass is 510 g/mol. The number of hydrogen-bond donors (Lipinski definition) is 1. The number of likely N-dealkylation sites (tertiary alicyclic amines) is 3. The number of carboxylic acids is 1. The Bertz CT molecular complexity index is 676. The minimum absolute atomic E-state index is 0.154. The van der Waals surface area contributed by atoms with Crippen molar-refractivity contribution < 1.29 is 24.2 Å². The summed E-state index contributed by atoms with van der Waals surface area (Å²) in [4.78, 5) is 43.1. The SMILES string of the molecule is CN(C(=O)OC(C)(C)C)C1CCN(C(=O)CCN2CCCCC2)CC1.O=C(O)CCN1CCCCC1. The maximum atomic E-state index is 12.4. The first-order valence-electron chi connectivity index (χ1n) is 14.0. The lowest BCUT2D eigenvalue weighted by molar-refractivity contribution is -0.137. The van der Waals surface area contributed by atoms with Gasteiger partial charge in [0.15, 0.2) is 0 Å². The van der Waals surface area contributed by atoms with Crippen molar-refractivity contribution >= 4 is 18.0 Å². The van der Waals surface area contributed by atoms with Crippen molar-refractivity contribution in [1.82, 2.24) is 19.6 Å². The van der Waals surface area contributed by atoms with Crippen LogP contribution in [0.4, 0.5) is 4.79 Å². The van der Waals surface area contributed by atoms with Crippen LogP contribution in [-0.4, -0.2) is 114 Å². The van der Waals surface area contributed by atoms with Gasteiger partial charge in [-0.05, 0) is 85.5 Å². The van der Waals surface area contributed by atoms with Crippen LogP contribution in [0.25, 0.3) is 0 Å². The minimum atomic E-state index is -0.685. The Labute approximate surface area is 218 Å². The molecule has 0 radical (unpaired) electrons. The van der Waals surface area contributed by atoms with Gasteiger partial charge in [0.1, 0.15) is 5.60 Å². The van der Waals surface area contributed by atoms with Crippen LogP contribution in [0.1, 0.15) is 85.0 Å². The number of amides is 2. The number of nitrogens with zero attached hydrogens (tertiary/aromatic N) is 4. The van der Waals surface area contributed by atoms with Crippen LogP contribution >= 0.6 is 0 Å².